The molecular weight excluding hydrogens is 401 g/mol. The predicted octanol–water partition coefficient (Wildman–Crippen LogP) is 3.50. The summed E-state index contributed by atoms with van der Waals surface area (Å²) < 4.78 is 71.4. The molecule has 3 N–H and O–H groups in total. The Balaban J connectivity index is 1.96. The topological polar surface area (TPSA) is 59.6 Å². The summed E-state index contributed by atoms with van der Waals surface area (Å²) in [5.41, 5.74) is 5.37. The van der Waals surface area contributed by atoms with Gasteiger partial charge in [0.15, 0.2) is 5.17 Å². The Morgan fingerprint density at radius 3 is 2.82 bits per heavy atom. The Morgan fingerprint density at radius 1 is 1.39 bits per heavy atom. The second kappa shape index (κ2) is 8.16. The molecule has 3 rings (SSSR count). The Bertz CT molecular complexity index is 744. The Kier molecular flexibility index (Phi) is 6.21. The molecule has 1 unspecified atom stereocenters. The smallest absolute Gasteiger partial charge is 0.379 e. The fourth-order valence-electron chi connectivity index (χ4n) is 3.87. The van der Waals surface area contributed by atoms with Crippen molar-refractivity contribution < 1.29 is 26.7 Å². The Hall–Kier alpha value is -1.39. The molecule has 0 radical (unpaired) electrons. The number of thioether (sulfide) groups is 1. The van der Waals surface area contributed by atoms with E-state index in [1.807, 2.05) is 6.92 Å². The summed E-state index contributed by atoms with van der Waals surface area (Å²) in [6.45, 7) is 0.00582. The third kappa shape index (κ3) is 4.44. The maximum atomic E-state index is 14.8. The lowest BCUT2D eigenvalue weighted by Crippen LogP contribution is -2.53. The average molecular weight is 423 g/mol. The van der Waals surface area contributed by atoms with Crippen molar-refractivity contribution in [2.24, 2.45) is 16.6 Å². The van der Waals surface area contributed by atoms with Crippen LogP contribution in [0.5, 0.6) is 0 Å². The molecule has 4 atom stereocenters. The lowest BCUT2D eigenvalue weighted by molar-refractivity contribution is -0.125. The number of fused-ring (bicyclic) bond motifs is 1. The highest BCUT2D eigenvalue weighted by atomic mass is 32.2. The van der Waals surface area contributed by atoms with Gasteiger partial charge in [-0.3, -0.25) is 0 Å². The van der Waals surface area contributed by atoms with Gasteiger partial charge in [-0.2, -0.15) is 13.2 Å². The van der Waals surface area contributed by atoms with E-state index in [1.165, 1.54) is 18.2 Å². The van der Waals surface area contributed by atoms with Crippen LogP contribution < -0.4 is 11.1 Å². The summed E-state index contributed by atoms with van der Waals surface area (Å²) in [6, 6.07) is 4.09. The molecule has 4 nitrogen and oxygen atoms in total. The molecule has 1 aromatic carbocycles. The van der Waals surface area contributed by atoms with Crippen LogP contribution in [0.1, 0.15) is 24.5 Å². The van der Waals surface area contributed by atoms with Crippen LogP contribution in [0, 0.1) is 11.7 Å². The highest BCUT2D eigenvalue weighted by molar-refractivity contribution is 8.14. The van der Waals surface area contributed by atoms with Crippen molar-refractivity contribution >= 4 is 16.9 Å². The maximum Gasteiger partial charge on any atom is 0.401 e. The molecule has 0 bridgehead atoms. The van der Waals surface area contributed by atoms with Crippen molar-refractivity contribution in [3.8, 4) is 0 Å². The summed E-state index contributed by atoms with van der Waals surface area (Å²) in [5, 5.41) is 1.95. The van der Waals surface area contributed by atoms with Crippen LogP contribution in [0.3, 0.4) is 0 Å². The minimum absolute atomic E-state index is 0.0347. The zero-order valence-corrected chi connectivity index (χ0v) is 16.0. The second-order valence-corrected chi connectivity index (χ2v) is 8.44. The predicted molar refractivity (Wildman–Crippen MR) is 98.3 cm³/mol. The van der Waals surface area contributed by atoms with E-state index in [0.717, 1.165) is 11.8 Å². The molecule has 2 aliphatic heterocycles. The van der Waals surface area contributed by atoms with E-state index < -0.39 is 36.0 Å². The van der Waals surface area contributed by atoms with Gasteiger partial charge in [0, 0.05) is 23.3 Å². The molecule has 0 aromatic heterocycles. The van der Waals surface area contributed by atoms with Crippen LogP contribution in [-0.4, -0.2) is 42.5 Å². The number of nitrogens with one attached hydrogen (secondary N) is 1. The van der Waals surface area contributed by atoms with Crippen molar-refractivity contribution in [1.82, 2.24) is 5.32 Å². The van der Waals surface area contributed by atoms with Crippen molar-refractivity contribution in [1.29, 1.82) is 0 Å². The van der Waals surface area contributed by atoms with Crippen LogP contribution in [0.2, 0.25) is 0 Å². The largest absolute Gasteiger partial charge is 0.401 e. The number of rotatable bonds is 5. The van der Waals surface area contributed by atoms with Crippen LogP contribution in [0.25, 0.3) is 0 Å². The van der Waals surface area contributed by atoms with Gasteiger partial charge >= 0.3 is 6.18 Å². The first-order chi connectivity index (χ1) is 13.1. The number of amidine groups is 1. The lowest BCUT2D eigenvalue weighted by Gasteiger charge is -2.48. The zero-order chi connectivity index (χ0) is 20.5. The van der Waals surface area contributed by atoms with Gasteiger partial charge in [0.1, 0.15) is 18.0 Å². The monoisotopic (exact) mass is 423 g/mol. The van der Waals surface area contributed by atoms with E-state index in [-0.39, 0.29) is 35.9 Å². The molecule has 0 spiro atoms. The van der Waals surface area contributed by atoms with Gasteiger partial charge in [-0.25, -0.2) is 13.8 Å². The van der Waals surface area contributed by atoms with E-state index in [2.05, 4.69) is 10.3 Å². The molecule has 156 valence electrons. The molecule has 10 heteroatoms. The quantitative estimate of drug-likeness (QED) is 0.712. The first-order valence-electron chi connectivity index (χ1n) is 8.90. The summed E-state index contributed by atoms with van der Waals surface area (Å²) in [4.78, 5) is 4.49. The number of aliphatic imine (C=N–C) groups is 1. The van der Waals surface area contributed by atoms with Gasteiger partial charge in [0.05, 0.1) is 19.3 Å². The molecule has 28 heavy (non-hydrogen) atoms. The minimum atomic E-state index is -4.34. The summed E-state index contributed by atoms with van der Waals surface area (Å²) in [7, 11) is 0. The normalized spacial score (nSPS) is 30.6. The molecule has 2 heterocycles. The zero-order valence-electron chi connectivity index (χ0n) is 15.2. The van der Waals surface area contributed by atoms with E-state index in [9.17, 15) is 22.0 Å². The van der Waals surface area contributed by atoms with Gasteiger partial charge in [0.2, 0.25) is 0 Å². The molecular formula is C18H22F5N3OS. The molecule has 0 amide bonds. The lowest BCUT2D eigenvalue weighted by atomic mass is 9.72. The third-order valence-corrected chi connectivity index (χ3v) is 6.21. The fourth-order valence-corrected chi connectivity index (χ4v) is 4.96. The molecule has 1 fully saturated rings. The Labute approximate surface area is 164 Å². The number of alkyl halides is 4. The maximum absolute atomic E-state index is 14.8. The first-order valence-corrected chi connectivity index (χ1v) is 9.78. The van der Waals surface area contributed by atoms with Crippen LogP contribution in [0.15, 0.2) is 23.2 Å². The number of hydrogen-bond donors (Lipinski definition) is 2. The van der Waals surface area contributed by atoms with Gasteiger partial charge in [0.25, 0.3) is 0 Å². The van der Waals surface area contributed by atoms with Gasteiger partial charge in [-0.05, 0) is 31.0 Å². The molecule has 0 aliphatic carbocycles. The number of ether oxygens (including phenoxy) is 1. The number of halogens is 5. The van der Waals surface area contributed by atoms with Crippen molar-refractivity contribution in [2.45, 2.75) is 43.0 Å². The van der Waals surface area contributed by atoms with Crippen molar-refractivity contribution in [3.05, 3.63) is 35.1 Å². The van der Waals surface area contributed by atoms with Gasteiger partial charge in [-0.15, -0.1) is 0 Å². The van der Waals surface area contributed by atoms with E-state index in [1.54, 1.807) is 0 Å². The summed E-state index contributed by atoms with van der Waals surface area (Å²) in [6.07, 6.45) is -4.00. The van der Waals surface area contributed by atoms with Gasteiger partial charge < -0.3 is 15.8 Å². The van der Waals surface area contributed by atoms with E-state index >= 15 is 0 Å². The number of nitrogens with zero attached hydrogens (tertiary/aromatic N) is 1. The average Bonchev–Trinajstić information content (AvgIpc) is 2.62. The Morgan fingerprint density at radius 2 is 2.14 bits per heavy atom. The highest BCUT2D eigenvalue weighted by Gasteiger charge is 2.52. The first kappa shape index (κ1) is 21.3. The van der Waals surface area contributed by atoms with E-state index in [0.29, 0.717) is 12.0 Å². The number of benzene rings is 1. The standard InChI is InChI=1S/C18H22F5N3OS/c1-10-4-13-15(6-19)28-16(24)26-17(13,9-27-10)12-5-11(2-3-14(12)20)7-25-8-18(21,22)23/h2-3,5,10,13,15,25H,4,6-9H2,1H3,(H2,24,26)/t10-,13-,15?,17+/m0/s1. The highest BCUT2D eigenvalue weighted by Crippen LogP contribution is 2.50. The molecule has 0 saturated carbocycles. The summed E-state index contributed by atoms with van der Waals surface area (Å²) in [5.74, 6) is -0.907. The molecule has 2 aliphatic rings. The van der Waals surface area contributed by atoms with Gasteiger partial charge in [-0.1, -0.05) is 17.8 Å². The van der Waals surface area contributed by atoms with Crippen molar-refractivity contribution in [3.63, 3.8) is 0 Å². The van der Waals surface area contributed by atoms with Crippen LogP contribution >= 0.6 is 11.8 Å². The fraction of sp³-hybridized carbons (Fsp3) is 0.611. The minimum Gasteiger partial charge on any atom is -0.379 e. The molecule has 1 saturated heterocycles. The summed E-state index contributed by atoms with van der Waals surface area (Å²) >= 11 is 1.13. The second-order valence-electron chi connectivity index (χ2n) is 7.18. The third-order valence-electron chi connectivity index (χ3n) is 5.12. The number of hydrogen-bond acceptors (Lipinski definition) is 5. The van der Waals surface area contributed by atoms with Crippen LogP contribution in [-0.2, 0) is 16.8 Å². The van der Waals surface area contributed by atoms with E-state index in [4.69, 9.17) is 10.5 Å². The van der Waals surface area contributed by atoms with Crippen molar-refractivity contribution in [2.75, 3.05) is 19.8 Å². The SMILES string of the molecule is C[C@H]1C[C@H]2C(CF)SC(N)=N[C@@]2(c2cc(CNCC(F)(F)F)ccc2F)CO1. The molecule has 1 aromatic rings. The van der Waals surface area contributed by atoms with Crippen LogP contribution in [0.4, 0.5) is 22.0 Å². The number of nitrogens with two attached hydrogens (primary N) is 1.